The molecule has 1 aromatic carbocycles. The fourth-order valence-corrected chi connectivity index (χ4v) is 3.20. The van der Waals surface area contributed by atoms with Gasteiger partial charge in [-0.25, -0.2) is 14.2 Å². The second-order valence-corrected chi connectivity index (χ2v) is 9.95. The van der Waals surface area contributed by atoms with Gasteiger partial charge in [0.05, 0.1) is 16.9 Å². The highest BCUT2D eigenvalue weighted by Gasteiger charge is 2.37. The smallest absolute Gasteiger partial charge is 0.410 e. The number of halogens is 1. The van der Waals surface area contributed by atoms with Crippen LogP contribution in [-0.4, -0.2) is 45.2 Å². The van der Waals surface area contributed by atoms with Gasteiger partial charge in [-0.05, 0) is 89.9 Å². The van der Waals surface area contributed by atoms with E-state index in [1.807, 2.05) is 13.8 Å². The molecule has 0 bridgehead atoms. The minimum absolute atomic E-state index is 0. The van der Waals surface area contributed by atoms with Crippen LogP contribution in [0, 0.1) is 22.9 Å². The van der Waals surface area contributed by atoms with Crippen LogP contribution in [0.5, 0.6) is 0 Å². The van der Waals surface area contributed by atoms with E-state index in [4.69, 9.17) is 4.74 Å². The van der Waals surface area contributed by atoms with Gasteiger partial charge in [0.2, 0.25) is 6.54 Å². The van der Waals surface area contributed by atoms with E-state index in [-0.39, 0.29) is 18.9 Å². The lowest BCUT2D eigenvalue weighted by molar-refractivity contribution is -0.501. The van der Waals surface area contributed by atoms with Crippen molar-refractivity contribution in [3.63, 3.8) is 0 Å². The molecule has 2 rings (SSSR count). The first kappa shape index (κ1) is 32.9. The molecule has 2 aromatic rings. The number of ether oxygens (including phenoxy) is 1. The van der Waals surface area contributed by atoms with Crippen LogP contribution in [0.1, 0.15) is 79.6 Å². The van der Waals surface area contributed by atoms with Gasteiger partial charge in [0.1, 0.15) is 11.4 Å². The first-order chi connectivity index (χ1) is 15.9. The van der Waals surface area contributed by atoms with Gasteiger partial charge in [0, 0.05) is 17.5 Å². The van der Waals surface area contributed by atoms with Crippen LogP contribution in [-0.2, 0) is 15.9 Å². The maximum absolute atomic E-state index is 13.8. The number of benzene rings is 1. The quantitative estimate of drug-likeness (QED) is 0.356. The molecule has 1 heterocycles. The lowest BCUT2D eigenvalue weighted by Gasteiger charge is -2.37. The standard InChI is InChI=1S/C24H32FN3O5.C2H6.CH4/c1-15-11-16(9-10-18(15)25)19-12-17(13-20(26-19)24(7,30)14-28(31)32)23(5,6)27(8)21(29)33-22(2,3)4;1-2;/h9-13,30H,14H2,1-8H3;1-2H3;1H4. The van der Waals surface area contributed by atoms with E-state index >= 15 is 0 Å². The lowest BCUT2D eigenvalue weighted by atomic mass is 9.88. The number of amides is 1. The van der Waals surface area contributed by atoms with E-state index < -0.39 is 34.3 Å². The maximum Gasteiger partial charge on any atom is 0.410 e. The molecule has 8 nitrogen and oxygen atoms in total. The summed E-state index contributed by atoms with van der Waals surface area (Å²) in [5.41, 5.74) is -1.50. The van der Waals surface area contributed by atoms with Gasteiger partial charge in [-0.2, -0.15) is 0 Å². The number of rotatable bonds is 6. The van der Waals surface area contributed by atoms with Gasteiger partial charge in [-0.15, -0.1) is 0 Å². The summed E-state index contributed by atoms with van der Waals surface area (Å²) in [6, 6.07) is 7.73. The molecule has 1 unspecified atom stereocenters. The zero-order valence-electron chi connectivity index (χ0n) is 22.4. The molecule has 0 radical (unpaired) electrons. The Kier molecular flexibility index (Phi) is 11.2. The Morgan fingerprint density at radius 2 is 1.69 bits per heavy atom. The van der Waals surface area contributed by atoms with Crippen LogP contribution in [0.3, 0.4) is 0 Å². The van der Waals surface area contributed by atoms with Crippen LogP contribution in [0.2, 0.25) is 0 Å². The number of nitro groups is 1. The molecule has 202 valence electrons. The summed E-state index contributed by atoms with van der Waals surface area (Å²) < 4.78 is 19.3. The summed E-state index contributed by atoms with van der Waals surface area (Å²) >= 11 is 0. The number of carbonyl (C=O) groups excluding carboxylic acids is 1. The van der Waals surface area contributed by atoms with Gasteiger partial charge >= 0.3 is 6.09 Å². The number of aliphatic hydroxyl groups is 1. The molecule has 1 N–H and O–H groups in total. The van der Waals surface area contributed by atoms with Crippen molar-refractivity contribution in [1.82, 2.24) is 9.88 Å². The number of nitrogens with zero attached hydrogens (tertiary/aromatic N) is 3. The molecule has 1 aromatic heterocycles. The van der Waals surface area contributed by atoms with E-state index in [2.05, 4.69) is 4.98 Å². The van der Waals surface area contributed by atoms with Crippen molar-refractivity contribution < 1.29 is 24.0 Å². The SMILES string of the molecule is C.CC.Cc1cc(-c2cc(C(C)(C)N(C)C(=O)OC(C)(C)C)cc(C(C)(O)C[N+](=O)[O-])n2)ccc1F. The van der Waals surface area contributed by atoms with Crippen molar-refractivity contribution in [2.75, 3.05) is 13.6 Å². The summed E-state index contributed by atoms with van der Waals surface area (Å²) in [5, 5.41) is 22.0. The number of hydrogen-bond donors (Lipinski definition) is 1. The van der Waals surface area contributed by atoms with Crippen molar-refractivity contribution >= 4 is 6.09 Å². The van der Waals surface area contributed by atoms with E-state index in [0.717, 1.165) is 0 Å². The predicted octanol–water partition coefficient (Wildman–Crippen LogP) is 6.44. The van der Waals surface area contributed by atoms with Gasteiger partial charge in [0.25, 0.3) is 0 Å². The zero-order chi connectivity index (χ0) is 27.4. The normalized spacial score (nSPS) is 12.9. The Bertz CT molecular complexity index is 1060. The average Bonchev–Trinajstić information content (AvgIpc) is 2.74. The van der Waals surface area contributed by atoms with Crippen LogP contribution in [0.25, 0.3) is 11.3 Å². The van der Waals surface area contributed by atoms with Gasteiger partial charge in [0.15, 0.2) is 5.60 Å². The summed E-state index contributed by atoms with van der Waals surface area (Å²) in [6.07, 6.45) is -0.554. The van der Waals surface area contributed by atoms with Crippen molar-refractivity contribution in [3.8, 4) is 11.3 Å². The Morgan fingerprint density at radius 3 is 2.17 bits per heavy atom. The van der Waals surface area contributed by atoms with Crippen molar-refractivity contribution in [1.29, 1.82) is 0 Å². The molecule has 0 saturated carbocycles. The third kappa shape index (κ3) is 8.26. The van der Waals surface area contributed by atoms with E-state index in [1.54, 1.807) is 72.9 Å². The van der Waals surface area contributed by atoms with Crippen LogP contribution >= 0.6 is 0 Å². The first-order valence-electron chi connectivity index (χ1n) is 11.5. The molecule has 0 fully saturated rings. The molecule has 9 heteroatoms. The van der Waals surface area contributed by atoms with Crippen molar-refractivity contribution in [2.24, 2.45) is 0 Å². The Labute approximate surface area is 214 Å². The summed E-state index contributed by atoms with van der Waals surface area (Å²) in [7, 11) is 1.59. The highest BCUT2D eigenvalue weighted by molar-refractivity contribution is 5.70. The molecule has 36 heavy (non-hydrogen) atoms. The minimum atomic E-state index is -1.87. The topological polar surface area (TPSA) is 106 Å². The molecule has 0 aliphatic rings. The molecular weight excluding hydrogens is 465 g/mol. The highest BCUT2D eigenvalue weighted by atomic mass is 19.1. The van der Waals surface area contributed by atoms with E-state index in [0.29, 0.717) is 22.4 Å². The molecule has 0 aliphatic heterocycles. The van der Waals surface area contributed by atoms with Gasteiger partial charge < -0.3 is 14.7 Å². The first-order valence-corrected chi connectivity index (χ1v) is 11.5. The van der Waals surface area contributed by atoms with Crippen LogP contribution in [0.4, 0.5) is 9.18 Å². The van der Waals surface area contributed by atoms with E-state index in [1.165, 1.54) is 17.9 Å². The molecule has 1 atom stereocenters. The van der Waals surface area contributed by atoms with Crippen molar-refractivity contribution in [3.05, 3.63) is 63.1 Å². The fraction of sp³-hybridized carbons (Fsp3) is 0.556. The van der Waals surface area contributed by atoms with Gasteiger partial charge in [-0.1, -0.05) is 21.3 Å². The summed E-state index contributed by atoms with van der Waals surface area (Å²) in [4.78, 5) is 29.2. The molecule has 0 saturated heterocycles. The lowest BCUT2D eigenvalue weighted by Crippen LogP contribution is -2.45. The predicted molar refractivity (Wildman–Crippen MR) is 141 cm³/mol. The number of aromatic nitrogens is 1. The molecule has 0 aliphatic carbocycles. The Balaban J connectivity index is 0.00000398. The number of pyridine rings is 1. The Hall–Kier alpha value is -3.07. The number of aryl methyl sites for hydroxylation is 1. The third-order valence-electron chi connectivity index (χ3n) is 5.48. The Morgan fingerprint density at radius 1 is 1.14 bits per heavy atom. The number of hydrogen-bond acceptors (Lipinski definition) is 6. The fourth-order valence-electron chi connectivity index (χ4n) is 3.20. The van der Waals surface area contributed by atoms with Gasteiger partial charge in [-0.3, -0.25) is 10.1 Å². The molecular formula is C27H42FN3O5. The van der Waals surface area contributed by atoms with Crippen LogP contribution < -0.4 is 0 Å². The molecule has 0 spiro atoms. The van der Waals surface area contributed by atoms with E-state index in [9.17, 15) is 24.4 Å². The molecule has 1 amide bonds. The second kappa shape index (κ2) is 12.3. The second-order valence-electron chi connectivity index (χ2n) is 9.95. The van der Waals surface area contributed by atoms with Crippen LogP contribution in [0.15, 0.2) is 30.3 Å². The zero-order valence-corrected chi connectivity index (χ0v) is 22.4. The monoisotopic (exact) mass is 507 g/mol. The maximum atomic E-state index is 13.8. The third-order valence-corrected chi connectivity index (χ3v) is 5.48. The minimum Gasteiger partial charge on any atom is -0.444 e. The van der Waals surface area contributed by atoms with Crippen molar-refractivity contribution in [2.45, 2.75) is 86.5 Å². The largest absolute Gasteiger partial charge is 0.444 e. The summed E-state index contributed by atoms with van der Waals surface area (Å²) in [6.45, 7) is 15.0. The summed E-state index contributed by atoms with van der Waals surface area (Å²) in [5.74, 6) is -0.375. The average molecular weight is 508 g/mol. The highest BCUT2D eigenvalue weighted by Crippen LogP contribution is 2.34. The number of carbonyl (C=O) groups is 1.